The van der Waals surface area contributed by atoms with Crippen LogP contribution in [0.25, 0.3) is 0 Å². The van der Waals surface area contributed by atoms with Crippen molar-refractivity contribution in [1.29, 1.82) is 0 Å². The molecule has 15 heavy (non-hydrogen) atoms. The molecule has 0 aromatic carbocycles. The van der Waals surface area contributed by atoms with Gasteiger partial charge in [0.15, 0.2) is 6.29 Å². The van der Waals surface area contributed by atoms with Gasteiger partial charge in [-0.15, -0.1) is 0 Å². The van der Waals surface area contributed by atoms with Crippen molar-refractivity contribution in [2.45, 2.75) is 30.2 Å². The van der Waals surface area contributed by atoms with E-state index in [2.05, 4.69) is 4.74 Å². The summed E-state index contributed by atoms with van der Waals surface area (Å²) < 4.78 is 4.54. The first-order valence-corrected chi connectivity index (χ1v) is 3.98. The third kappa shape index (κ3) is 2.76. The second-order valence-corrected chi connectivity index (χ2v) is 3.13. The topological polar surface area (TPSA) is 127 Å². The van der Waals surface area contributed by atoms with Crippen molar-refractivity contribution in [3.8, 4) is 0 Å². The molecule has 0 radical (unpaired) electrons. The second kappa shape index (κ2) is 5.67. The third-order valence-corrected chi connectivity index (χ3v) is 2.17. The average Bonchev–Trinajstić information content (AvgIpc) is 2.20. The van der Waals surface area contributed by atoms with Crippen LogP contribution < -0.4 is 0 Å². The fourth-order valence-corrected chi connectivity index (χ4v) is 1.28. The fraction of sp³-hybridized carbons (Fsp3) is 0.857. The number of rotatable bonds is 2. The Bertz CT molecular complexity index is 223. The van der Waals surface area contributed by atoms with E-state index in [4.69, 9.17) is 5.11 Å². The van der Waals surface area contributed by atoms with Crippen LogP contribution in [-0.2, 0) is 9.53 Å². The van der Waals surface area contributed by atoms with E-state index in [1.54, 1.807) is 0 Å². The first-order valence-electron chi connectivity index (χ1n) is 3.98. The predicted molar refractivity (Wildman–Crippen MR) is 48.1 cm³/mol. The van der Waals surface area contributed by atoms with Crippen molar-refractivity contribution >= 4 is 35.8 Å². The summed E-state index contributed by atoms with van der Waals surface area (Å²) in [6.07, 6.45) is -6.68. The number of hydrogen-bond donors (Lipinski definition) is 5. The zero-order valence-corrected chi connectivity index (χ0v) is 7.15. The van der Waals surface area contributed by atoms with E-state index in [0.717, 1.165) is 0 Å². The molecule has 1 aliphatic heterocycles. The molecule has 0 amide bonds. The van der Waals surface area contributed by atoms with Gasteiger partial charge >= 0.3 is 29.6 Å². The standard InChI is InChI=1S/C7H12O7.Na.H/c8-1-3-4(10)5(11)6(12)7(13,2-9)14-3;;/h2-6,8,10-13H,1H2;;/t3-,4-,5+,6-,7-;;/m1../s1. The van der Waals surface area contributed by atoms with Gasteiger partial charge in [-0.1, -0.05) is 0 Å². The van der Waals surface area contributed by atoms with Crippen LogP contribution in [-0.4, -0.2) is 98.2 Å². The van der Waals surface area contributed by atoms with Crippen LogP contribution in [0.4, 0.5) is 0 Å². The third-order valence-electron chi connectivity index (χ3n) is 2.17. The number of aliphatic hydroxyl groups excluding tert-OH is 4. The Morgan fingerprint density at radius 1 is 1.27 bits per heavy atom. The first kappa shape index (κ1) is 15.4. The Morgan fingerprint density at radius 2 is 1.80 bits per heavy atom. The van der Waals surface area contributed by atoms with Gasteiger partial charge in [0.2, 0.25) is 0 Å². The Balaban J connectivity index is 0.00000196. The summed E-state index contributed by atoms with van der Waals surface area (Å²) in [6.45, 7) is -0.693. The molecular formula is C7H13NaO7. The van der Waals surface area contributed by atoms with E-state index in [-0.39, 0.29) is 35.8 Å². The summed E-state index contributed by atoms with van der Waals surface area (Å²) in [4.78, 5) is 10.4. The van der Waals surface area contributed by atoms with E-state index < -0.39 is 36.8 Å². The first-order chi connectivity index (χ1) is 6.46. The van der Waals surface area contributed by atoms with Crippen molar-refractivity contribution in [1.82, 2.24) is 0 Å². The molecule has 0 aliphatic carbocycles. The number of aldehydes is 1. The van der Waals surface area contributed by atoms with Gasteiger partial charge in [0.05, 0.1) is 6.61 Å². The van der Waals surface area contributed by atoms with Crippen LogP contribution in [0.15, 0.2) is 0 Å². The van der Waals surface area contributed by atoms with Crippen LogP contribution in [0.2, 0.25) is 0 Å². The maximum atomic E-state index is 10.4. The van der Waals surface area contributed by atoms with Gasteiger partial charge < -0.3 is 30.3 Å². The van der Waals surface area contributed by atoms with E-state index >= 15 is 0 Å². The van der Waals surface area contributed by atoms with E-state index in [0.29, 0.717) is 0 Å². The van der Waals surface area contributed by atoms with Gasteiger partial charge in [0.25, 0.3) is 5.79 Å². The van der Waals surface area contributed by atoms with E-state index in [1.165, 1.54) is 0 Å². The number of hydrogen-bond acceptors (Lipinski definition) is 7. The fourth-order valence-electron chi connectivity index (χ4n) is 1.28. The van der Waals surface area contributed by atoms with Crippen LogP contribution in [0.3, 0.4) is 0 Å². The quantitative estimate of drug-likeness (QED) is 0.241. The van der Waals surface area contributed by atoms with Crippen molar-refractivity contribution in [3.63, 3.8) is 0 Å². The van der Waals surface area contributed by atoms with Crippen molar-refractivity contribution < 1.29 is 35.1 Å². The molecular weight excluding hydrogens is 219 g/mol. The molecule has 0 unspecified atom stereocenters. The Kier molecular flexibility index (Phi) is 5.83. The summed E-state index contributed by atoms with van der Waals surface area (Å²) in [7, 11) is 0. The SMILES string of the molecule is O=C[C@@]1(O)O[C@H](CO)[C@@H](O)[C@H](O)[C@H]1O.[NaH]. The van der Waals surface area contributed by atoms with Gasteiger partial charge in [-0.2, -0.15) is 0 Å². The van der Waals surface area contributed by atoms with Gasteiger partial charge in [0, 0.05) is 0 Å². The summed E-state index contributed by atoms with van der Waals surface area (Å²) in [6, 6.07) is 0. The molecule has 7 nitrogen and oxygen atoms in total. The van der Waals surface area contributed by atoms with Gasteiger partial charge in [-0.05, 0) is 0 Å². The van der Waals surface area contributed by atoms with Crippen molar-refractivity contribution in [2.24, 2.45) is 0 Å². The summed E-state index contributed by atoms with van der Waals surface area (Å²) in [5.74, 6) is -2.59. The summed E-state index contributed by atoms with van der Waals surface area (Å²) >= 11 is 0. The zero-order chi connectivity index (χ0) is 10.9. The molecule has 1 rings (SSSR count). The van der Waals surface area contributed by atoms with Crippen molar-refractivity contribution in [2.75, 3.05) is 6.61 Å². The number of aliphatic hydroxyl groups is 5. The van der Waals surface area contributed by atoms with Crippen LogP contribution in [0.5, 0.6) is 0 Å². The molecule has 0 aromatic heterocycles. The second-order valence-electron chi connectivity index (χ2n) is 3.13. The molecule has 1 fully saturated rings. The molecule has 84 valence electrons. The molecule has 1 aliphatic rings. The van der Waals surface area contributed by atoms with E-state index in [9.17, 15) is 25.2 Å². The van der Waals surface area contributed by atoms with Crippen LogP contribution in [0.1, 0.15) is 0 Å². The normalized spacial score (nSPS) is 45.7. The average molecular weight is 232 g/mol. The molecule has 1 heterocycles. The minimum absolute atomic E-state index is 0. The van der Waals surface area contributed by atoms with Crippen molar-refractivity contribution in [3.05, 3.63) is 0 Å². The Hall–Kier alpha value is 0.430. The zero-order valence-electron chi connectivity index (χ0n) is 7.15. The number of carbonyl (C=O) groups is 1. The predicted octanol–water partition coefficient (Wildman–Crippen LogP) is -4.30. The molecule has 8 heteroatoms. The van der Waals surface area contributed by atoms with E-state index in [1.807, 2.05) is 0 Å². The molecule has 0 saturated carbocycles. The minimum atomic E-state index is -2.59. The molecule has 0 aromatic rings. The van der Waals surface area contributed by atoms with Gasteiger partial charge in [-0.3, -0.25) is 4.79 Å². The van der Waals surface area contributed by atoms with Crippen LogP contribution in [0, 0.1) is 0 Å². The maximum absolute atomic E-state index is 10.4. The summed E-state index contributed by atoms with van der Waals surface area (Å²) in [5.41, 5.74) is 0. The van der Waals surface area contributed by atoms with Gasteiger partial charge in [0.1, 0.15) is 24.4 Å². The monoisotopic (exact) mass is 232 g/mol. The van der Waals surface area contributed by atoms with Gasteiger partial charge in [-0.25, -0.2) is 0 Å². The molecule has 1 saturated heterocycles. The molecule has 5 atom stereocenters. The Morgan fingerprint density at radius 3 is 2.20 bits per heavy atom. The molecule has 0 bridgehead atoms. The number of carbonyl (C=O) groups excluding carboxylic acids is 1. The van der Waals surface area contributed by atoms with Crippen LogP contribution >= 0.6 is 0 Å². The number of ether oxygens (including phenoxy) is 1. The Labute approximate surface area is 108 Å². The summed E-state index contributed by atoms with van der Waals surface area (Å²) in [5, 5.41) is 45.6. The molecule has 5 N–H and O–H groups in total. The molecule has 0 spiro atoms.